The molecule has 0 radical (unpaired) electrons. The lowest BCUT2D eigenvalue weighted by Crippen LogP contribution is -2.54. The molecule has 45 heavy (non-hydrogen) atoms. The molecule has 1 atom stereocenters. The molecule has 12 heteroatoms. The van der Waals surface area contributed by atoms with Crippen LogP contribution in [0.2, 0.25) is 0 Å². The molecular weight excluding hydrogens is 580 g/mol. The molecule has 2 aromatic carbocycles. The Morgan fingerprint density at radius 1 is 1.02 bits per heavy atom. The van der Waals surface area contributed by atoms with E-state index < -0.39 is 41.4 Å². The zero-order chi connectivity index (χ0) is 32.5. The normalized spacial score (nSPS) is 18.4. The van der Waals surface area contributed by atoms with E-state index in [0.29, 0.717) is 54.8 Å². The topological polar surface area (TPSA) is 135 Å². The molecule has 2 aromatic rings. The maximum absolute atomic E-state index is 13.5. The van der Waals surface area contributed by atoms with Gasteiger partial charge in [-0.25, -0.2) is 4.79 Å². The van der Waals surface area contributed by atoms with Crippen LogP contribution in [0.15, 0.2) is 36.4 Å². The van der Waals surface area contributed by atoms with Crippen LogP contribution in [0.1, 0.15) is 72.7 Å². The van der Waals surface area contributed by atoms with Crippen LogP contribution in [0.4, 0.5) is 10.5 Å². The summed E-state index contributed by atoms with van der Waals surface area (Å²) < 4.78 is 16.5. The molecule has 3 heterocycles. The summed E-state index contributed by atoms with van der Waals surface area (Å²) in [6, 6.07) is 9.66. The summed E-state index contributed by atoms with van der Waals surface area (Å²) in [4.78, 5) is 68.6. The molecule has 0 spiro atoms. The molecule has 5 amide bonds. The van der Waals surface area contributed by atoms with Crippen molar-refractivity contribution in [3.63, 3.8) is 0 Å². The van der Waals surface area contributed by atoms with Gasteiger partial charge in [0.2, 0.25) is 11.8 Å². The number of rotatable bonds is 10. The van der Waals surface area contributed by atoms with Crippen molar-refractivity contribution < 1.29 is 38.2 Å². The van der Waals surface area contributed by atoms with Gasteiger partial charge in [0, 0.05) is 37.7 Å². The third kappa shape index (κ3) is 6.74. The molecule has 1 N–H and O–H groups in total. The Bertz CT molecular complexity index is 1510. The van der Waals surface area contributed by atoms with Crippen molar-refractivity contribution in [2.24, 2.45) is 5.92 Å². The average Bonchev–Trinajstić information content (AvgIpc) is 3.22. The van der Waals surface area contributed by atoms with E-state index in [1.165, 1.54) is 0 Å². The molecular formula is C33H40N4O8. The van der Waals surface area contributed by atoms with Crippen LogP contribution in [-0.2, 0) is 20.9 Å². The third-order valence-electron chi connectivity index (χ3n) is 8.29. The number of fused-ring (bicyclic) bond motifs is 1. The number of ether oxygens (including phenoxy) is 3. The molecule has 0 aromatic heterocycles. The van der Waals surface area contributed by atoms with E-state index in [4.69, 9.17) is 14.2 Å². The van der Waals surface area contributed by atoms with E-state index in [2.05, 4.69) is 10.2 Å². The molecule has 2 fully saturated rings. The number of carbonyl (C=O) groups excluding carboxylic acids is 5. The highest BCUT2D eigenvalue weighted by atomic mass is 16.6. The first-order chi connectivity index (χ1) is 21.4. The summed E-state index contributed by atoms with van der Waals surface area (Å²) in [6.45, 7) is 7.68. The van der Waals surface area contributed by atoms with Crippen molar-refractivity contribution in [1.29, 1.82) is 0 Å². The van der Waals surface area contributed by atoms with E-state index in [1.54, 1.807) is 37.3 Å². The van der Waals surface area contributed by atoms with E-state index in [9.17, 15) is 24.0 Å². The molecule has 5 rings (SSSR count). The molecule has 12 nitrogen and oxygen atoms in total. The van der Waals surface area contributed by atoms with Crippen LogP contribution in [0.3, 0.4) is 0 Å². The zero-order valence-corrected chi connectivity index (χ0v) is 26.4. The summed E-state index contributed by atoms with van der Waals surface area (Å²) in [6.07, 6.45) is 1.37. The fraction of sp³-hybridized carbons (Fsp3) is 0.485. The number of carbonyl (C=O) groups is 5. The van der Waals surface area contributed by atoms with Gasteiger partial charge in [0.05, 0.1) is 37.6 Å². The predicted octanol–water partition coefficient (Wildman–Crippen LogP) is 3.76. The van der Waals surface area contributed by atoms with Crippen LogP contribution in [0, 0.1) is 5.92 Å². The molecule has 0 aliphatic carbocycles. The Morgan fingerprint density at radius 3 is 2.44 bits per heavy atom. The summed E-state index contributed by atoms with van der Waals surface area (Å²) in [5, 5.41) is 2.23. The second kappa shape index (κ2) is 12.8. The second-order valence-electron chi connectivity index (χ2n) is 12.6. The number of nitrogens with zero attached hydrogens (tertiary/aromatic N) is 3. The number of hydrogen-bond donors (Lipinski definition) is 1. The summed E-state index contributed by atoms with van der Waals surface area (Å²) in [7, 11) is 3.16. The van der Waals surface area contributed by atoms with Gasteiger partial charge in [0.1, 0.15) is 23.1 Å². The third-order valence-corrected chi connectivity index (χ3v) is 8.29. The van der Waals surface area contributed by atoms with Crippen LogP contribution < -0.4 is 19.7 Å². The van der Waals surface area contributed by atoms with E-state index >= 15 is 0 Å². The molecule has 0 saturated carbocycles. The van der Waals surface area contributed by atoms with E-state index in [-0.39, 0.29) is 18.4 Å². The minimum absolute atomic E-state index is 0.0729. The summed E-state index contributed by atoms with van der Waals surface area (Å²) in [5.41, 5.74) is 1.43. The lowest BCUT2D eigenvalue weighted by Gasteiger charge is -2.42. The number of nitrogens with one attached hydrogen (secondary N) is 1. The highest BCUT2D eigenvalue weighted by Gasteiger charge is 2.46. The number of hydrogen-bond acceptors (Lipinski definition) is 9. The highest BCUT2D eigenvalue weighted by molar-refractivity contribution is 6.25. The van der Waals surface area contributed by atoms with Crippen molar-refractivity contribution >= 4 is 35.4 Å². The van der Waals surface area contributed by atoms with Crippen LogP contribution in [0.5, 0.6) is 11.5 Å². The van der Waals surface area contributed by atoms with Crippen molar-refractivity contribution in [1.82, 2.24) is 15.1 Å². The number of piperidine rings is 1. The number of amides is 5. The maximum Gasteiger partial charge on any atom is 0.410 e. The molecule has 0 bridgehead atoms. The SMILES string of the molecule is COc1ccc(CN(CCCC2CN(c3cccc4c3C(=O)N(C3CCC(=O)NC3=O)C4=O)C2)C(=O)OC(C)(C)C)c(OC)c1. The molecule has 240 valence electrons. The van der Waals surface area contributed by atoms with Gasteiger partial charge in [-0.2, -0.15) is 0 Å². The summed E-state index contributed by atoms with van der Waals surface area (Å²) >= 11 is 0. The quantitative estimate of drug-likeness (QED) is 0.394. The van der Waals surface area contributed by atoms with Crippen LogP contribution >= 0.6 is 0 Å². The summed E-state index contributed by atoms with van der Waals surface area (Å²) in [5.74, 6) is -0.447. The number of anilines is 1. The van der Waals surface area contributed by atoms with Crippen molar-refractivity contribution in [2.45, 2.75) is 64.6 Å². The van der Waals surface area contributed by atoms with E-state index in [1.807, 2.05) is 39.0 Å². The van der Waals surface area contributed by atoms with Gasteiger partial charge in [-0.05, 0) is 70.2 Å². The van der Waals surface area contributed by atoms with Gasteiger partial charge >= 0.3 is 6.09 Å². The lowest BCUT2D eigenvalue weighted by molar-refractivity contribution is -0.136. The van der Waals surface area contributed by atoms with Gasteiger partial charge in [0.25, 0.3) is 11.8 Å². The van der Waals surface area contributed by atoms with Gasteiger partial charge < -0.3 is 24.0 Å². The minimum atomic E-state index is -1.00. The minimum Gasteiger partial charge on any atom is -0.497 e. The van der Waals surface area contributed by atoms with Crippen molar-refractivity contribution in [3.8, 4) is 11.5 Å². The van der Waals surface area contributed by atoms with Crippen molar-refractivity contribution in [3.05, 3.63) is 53.1 Å². The number of benzene rings is 2. The van der Waals surface area contributed by atoms with Gasteiger partial charge in [-0.1, -0.05) is 6.07 Å². The Balaban J connectivity index is 1.21. The first-order valence-electron chi connectivity index (χ1n) is 15.2. The number of methoxy groups -OCH3 is 2. The Morgan fingerprint density at radius 2 is 1.78 bits per heavy atom. The smallest absolute Gasteiger partial charge is 0.410 e. The molecule has 3 aliphatic heterocycles. The van der Waals surface area contributed by atoms with Gasteiger partial charge in [-0.15, -0.1) is 0 Å². The Kier molecular flexibility index (Phi) is 9.03. The Labute approximate surface area is 262 Å². The largest absolute Gasteiger partial charge is 0.497 e. The fourth-order valence-electron chi connectivity index (χ4n) is 6.03. The first-order valence-corrected chi connectivity index (χ1v) is 15.2. The van der Waals surface area contributed by atoms with E-state index in [0.717, 1.165) is 23.3 Å². The van der Waals surface area contributed by atoms with Crippen molar-refractivity contribution in [2.75, 3.05) is 38.8 Å². The predicted molar refractivity (Wildman–Crippen MR) is 164 cm³/mol. The van der Waals surface area contributed by atoms with Crippen LogP contribution in [-0.4, -0.2) is 85.0 Å². The zero-order valence-electron chi connectivity index (χ0n) is 26.4. The standard InChI is InChI=1S/C33H40N4O8/c1-33(2,3)45-32(42)35(19-21-11-12-22(43-4)16-26(21)44-5)15-7-8-20-17-36(18-20)24-10-6-9-23-28(24)31(41)37(30(23)40)25-13-14-27(38)34-29(25)39/h6,9-12,16,20,25H,7-8,13-15,17-19H2,1-5H3,(H,34,38,39). The maximum atomic E-state index is 13.5. The fourth-order valence-corrected chi connectivity index (χ4v) is 6.03. The number of imide groups is 2. The van der Waals surface area contributed by atoms with Gasteiger partial charge in [0.15, 0.2) is 0 Å². The first kappa shape index (κ1) is 31.8. The molecule has 2 saturated heterocycles. The highest BCUT2D eigenvalue weighted by Crippen LogP contribution is 2.37. The van der Waals surface area contributed by atoms with Crippen LogP contribution in [0.25, 0.3) is 0 Å². The average molecular weight is 621 g/mol. The lowest BCUT2D eigenvalue weighted by atomic mass is 9.92. The molecule has 1 unspecified atom stereocenters. The Hall–Kier alpha value is -4.61. The monoisotopic (exact) mass is 620 g/mol. The molecule has 3 aliphatic rings. The van der Waals surface area contributed by atoms with Gasteiger partial charge in [-0.3, -0.25) is 29.4 Å². The second-order valence-corrected chi connectivity index (χ2v) is 12.6.